The summed E-state index contributed by atoms with van der Waals surface area (Å²) in [5.74, 6) is -0.436. The first-order chi connectivity index (χ1) is 9.38. The molecule has 0 aliphatic rings. The predicted octanol–water partition coefficient (Wildman–Crippen LogP) is 4.03. The highest BCUT2D eigenvalue weighted by Crippen LogP contribution is 2.20. The average molecular weight is 271 g/mol. The summed E-state index contributed by atoms with van der Waals surface area (Å²) in [5.41, 5.74) is 4.02. The Morgan fingerprint density at radius 3 is 2.15 bits per heavy atom. The van der Waals surface area contributed by atoms with Gasteiger partial charge in [-0.2, -0.15) is 0 Å². The zero-order valence-electron chi connectivity index (χ0n) is 12.2. The Hall–Kier alpha value is -2.16. The first kappa shape index (κ1) is 14.3. The molecule has 0 N–H and O–H groups in total. The molecule has 104 valence electrons. The Balaban J connectivity index is 2.34. The molecule has 0 aliphatic carbocycles. The van der Waals surface area contributed by atoms with E-state index in [1.807, 2.05) is 26.0 Å². The number of hydrogen-bond acceptors (Lipinski definition) is 1. The zero-order chi connectivity index (χ0) is 14.9. The lowest BCUT2D eigenvalue weighted by Gasteiger charge is -2.19. The average Bonchev–Trinajstić information content (AvgIpc) is 2.39. The van der Waals surface area contributed by atoms with Gasteiger partial charge in [0.2, 0.25) is 0 Å². The van der Waals surface area contributed by atoms with Crippen LogP contribution in [0.3, 0.4) is 0 Å². The topological polar surface area (TPSA) is 20.3 Å². The van der Waals surface area contributed by atoms with Gasteiger partial charge in [0, 0.05) is 18.3 Å². The molecule has 3 heteroatoms. The molecule has 0 aromatic heterocycles. The van der Waals surface area contributed by atoms with Crippen LogP contribution in [0.1, 0.15) is 27.0 Å². The number of benzene rings is 2. The normalized spacial score (nSPS) is 10.4. The van der Waals surface area contributed by atoms with E-state index in [1.54, 1.807) is 24.9 Å². The number of carbonyl (C=O) groups excluding carboxylic acids is 1. The highest BCUT2D eigenvalue weighted by molar-refractivity contribution is 6.05. The van der Waals surface area contributed by atoms with Crippen LogP contribution >= 0.6 is 0 Å². The van der Waals surface area contributed by atoms with E-state index in [4.69, 9.17) is 0 Å². The largest absolute Gasteiger partial charge is 0.311 e. The van der Waals surface area contributed by atoms with Crippen LogP contribution in [-0.4, -0.2) is 13.0 Å². The Morgan fingerprint density at radius 2 is 1.60 bits per heavy atom. The standard InChI is InChI=1S/C17H18FNO/c1-11-7-12(2)9-15(8-11)19(4)17(20)14-5-6-16(18)13(3)10-14/h5-10H,1-4H3. The number of hydrogen-bond donors (Lipinski definition) is 0. The maximum atomic E-state index is 13.3. The minimum Gasteiger partial charge on any atom is -0.311 e. The van der Waals surface area contributed by atoms with Gasteiger partial charge in [-0.05, 0) is 67.8 Å². The molecule has 0 aliphatic heterocycles. The second-order valence-electron chi connectivity index (χ2n) is 5.17. The molecular formula is C17H18FNO. The van der Waals surface area contributed by atoms with Gasteiger partial charge in [0.05, 0.1) is 0 Å². The molecule has 2 aromatic rings. The van der Waals surface area contributed by atoms with E-state index in [0.29, 0.717) is 11.1 Å². The summed E-state index contributed by atoms with van der Waals surface area (Å²) in [6, 6.07) is 10.4. The van der Waals surface area contributed by atoms with Crippen molar-refractivity contribution in [3.8, 4) is 0 Å². The van der Waals surface area contributed by atoms with Gasteiger partial charge in [-0.25, -0.2) is 4.39 Å². The quantitative estimate of drug-likeness (QED) is 0.807. The maximum absolute atomic E-state index is 13.3. The Bertz CT molecular complexity index is 644. The molecule has 1 amide bonds. The van der Waals surface area contributed by atoms with Gasteiger partial charge >= 0.3 is 0 Å². The number of nitrogens with zero attached hydrogens (tertiary/aromatic N) is 1. The summed E-state index contributed by atoms with van der Waals surface area (Å²) >= 11 is 0. The SMILES string of the molecule is Cc1cc(C)cc(N(C)C(=O)c2ccc(F)c(C)c2)c1. The molecule has 2 rings (SSSR count). The highest BCUT2D eigenvalue weighted by Gasteiger charge is 2.15. The van der Waals surface area contributed by atoms with Crippen LogP contribution in [0.4, 0.5) is 10.1 Å². The third-order valence-electron chi connectivity index (χ3n) is 3.30. The van der Waals surface area contributed by atoms with Crippen molar-refractivity contribution in [1.82, 2.24) is 0 Å². The van der Waals surface area contributed by atoms with Crippen molar-refractivity contribution in [2.45, 2.75) is 20.8 Å². The van der Waals surface area contributed by atoms with Crippen molar-refractivity contribution in [2.24, 2.45) is 0 Å². The lowest BCUT2D eigenvalue weighted by molar-refractivity contribution is 0.0993. The smallest absolute Gasteiger partial charge is 0.258 e. The molecular weight excluding hydrogens is 253 g/mol. The van der Waals surface area contributed by atoms with E-state index in [2.05, 4.69) is 6.07 Å². The van der Waals surface area contributed by atoms with Gasteiger partial charge in [-0.1, -0.05) is 6.07 Å². The van der Waals surface area contributed by atoms with E-state index in [9.17, 15) is 9.18 Å². The summed E-state index contributed by atoms with van der Waals surface area (Å²) in [6.45, 7) is 5.65. The van der Waals surface area contributed by atoms with Gasteiger partial charge < -0.3 is 4.90 Å². The van der Waals surface area contributed by atoms with Crippen molar-refractivity contribution in [3.05, 3.63) is 64.5 Å². The number of halogens is 1. The molecule has 0 fully saturated rings. The molecule has 0 radical (unpaired) electrons. The fourth-order valence-electron chi connectivity index (χ4n) is 2.23. The second kappa shape index (κ2) is 5.45. The van der Waals surface area contributed by atoms with Crippen molar-refractivity contribution in [2.75, 3.05) is 11.9 Å². The second-order valence-corrected chi connectivity index (χ2v) is 5.17. The molecule has 0 spiro atoms. The Labute approximate surface area is 118 Å². The minimum absolute atomic E-state index is 0.141. The molecule has 2 aromatic carbocycles. The highest BCUT2D eigenvalue weighted by atomic mass is 19.1. The van der Waals surface area contributed by atoms with Gasteiger partial charge in [0.15, 0.2) is 0 Å². The molecule has 0 heterocycles. The van der Waals surface area contributed by atoms with Gasteiger partial charge in [-0.3, -0.25) is 4.79 Å². The third-order valence-corrected chi connectivity index (χ3v) is 3.30. The van der Waals surface area contributed by atoms with Crippen molar-refractivity contribution >= 4 is 11.6 Å². The molecule has 0 bridgehead atoms. The van der Waals surface area contributed by atoms with Gasteiger partial charge in [0.25, 0.3) is 5.91 Å². The molecule has 0 saturated heterocycles. The van der Waals surface area contributed by atoms with Crippen LogP contribution in [0.15, 0.2) is 36.4 Å². The van der Waals surface area contributed by atoms with Crippen LogP contribution < -0.4 is 4.90 Å². The van der Waals surface area contributed by atoms with E-state index >= 15 is 0 Å². The molecule has 0 unspecified atom stereocenters. The number of carbonyl (C=O) groups is 1. The van der Waals surface area contributed by atoms with Crippen molar-refractivity contribution in [1.29, 1.82) is 0 Å². The fourth-order valence-corrected chi connectivity index (χ4v) is 2.23. The van der Waals surface area contributed by atoms with Gasteiger partial charge in [0.1, 0.15) is 5.82 Å². The van der Waals surface area contributed by atoms with E-state index in [-0.39, 0.29) is 11.7 Å². The molecule has 20 heavy (non-hydrogen) atoms. The first-order valence-corrected chi connectivity index (χ1v) is 6.51. The first-order valence-electron chi connectivity index (χ1n) is 6.51. The molecule has 0 saturated carbocycles. The number of anilines is 1. The summed E-state index contributed by atoms with van der Waals surface area (Å²) in [5, 5.41) is 0. The van der Waals surface area contributed by atoms with Gasteiger partial charge in [-0.15, -0.1) is 0 Å². The number of rotatable bonds is 2. The summed E-state index contributed by atoms with van der Waals surface area (Å²) < 4.78 is 13.3. The van der Waals surface area contributed by atoms with Crippen LogP contribution in [0.2, 0.25) is 0 Å². The van der Waals surface area contributed by atoms with E-state index in [1.165, 1.54) is 12.1 Å². The Kier molecular flexibility index (Phi) is 3.89. The maximum Gasteiger partial charge on any atom is 0.258 e. The number of amides is 1. The Morgan fingerprint density at radius 1 is 1.00 bits per heavy atom. The predicted molar refractivity (Wildman–Crippen MR) is 79.8 cm³/mol. The lowest BCUT2D eigenvalue weighted by atomic mass is 10.1. The van der Waals surface area contributed by atoms with Crippen LogP contribution in [-0.2, 0) is 0 Å². The summed E-state index contributed by atoms with van der Waals surface area (Å²) in [7, 11) is 1.73. The van der Waals surface area contributed by atoms with E-state index < -0.39 is 0 Å². The number of aryl methyl sites for hydroxylation is 3. The van der Waals surface area contributed by atoms with Crippen LogP contribution in [0, 0.1) is 26.6 Å². The summed E-state index contributed by atoms with van der Waals surface area (Å²) in [4.78, 5) is 14.0. The van der Waals surface area contributed by atoms with Crippen LogP contribution in [0.25, 0.3) is 0 Å². The lowest BCUT2D eigenvalue weighted by Crippen LogP contribution is -2.26. The van der Waals surface area contributed by atoms with E-state index in [0.717, 1.165) is 16.8 Å². The monoisotopic (exact) mass is 271 g/mol. The van der Waals surface area contributed by atoms with Crippen molar-refractivity contribution < 1.29 is 9.18 Å². The van der Waals surface area contributed by atoms with Crippen LogP contribution in [0.5, 0.6) is 0 Å². The fraction of sp³-hybridized carbons (Fsp3) is 0.235. The molecule has 0 atom stereocenters. The summed E-state index contributed by atoms with van der Waals surface area (Å²) in [6.07, 6.45) is 0. The molecule has 2 nitrogen and oxygen atoms in total. The third kappa shape index (κ3) is 2.87. The van der Waals surface area contributed by atoms with Crippen molar-refractivity contribution in [3.63, 3.8) is 0 Å². The minimum atomic E-state index is -0.296. The zero-order valence-corrected chi connectivity index (χ0v) is 12.2.